The lowest BCUT2D eigenvalue weighted by Gasteiger charge is -2.19. The van der Waals surface area contributed by atoms with Crippen LogP contribution in [0.5, 0.6) is 0 Å². The molecule has 2 aromatic rings. The molecule has 3 atom stereocenters. The van der Waals surface area contributed by atoms with Gasteiger partial charge in [0.05, 0.1) is 17.2 Å². The van der Waals surface area contributed by atoms with Gasteiger partial charge in [0, 0.05) is 12.6 Å². The molecule has 140 valence electrons. The molecule has 1 aromatic carbocycles. The third-order valence-corrected chi connectivity index (χ3v) is 4.49. The molecule has 0 spiro atoms. The summed E-state index contributed by atoms with van der Waals surface area (Å²) < 4.78 is 6.86. The molecule has 10 heteroatoms. The second-order valence-corrected chi connectivity index (χ2v) is 6.22. The molecule has 0 bridgehead atoms. The molecule has 1 fully saturated rings. The summed E-state index contributed by atoms with van der Waals surface area (Å²) in [4.78, 5) is 45.4. The highest BCUT2D eigenvalue weighted by Gasteiger charge is 2.40. The van der Waals surface area contributed by atoms with Gasteiger partial charge in [0.2, 0.25) is 0 Å². The summed E-state index contributed by atoms with van der Waals surface area (Å²) in [6.07, 6.45) is -0.980. The number of nitrogen functional groups attached to an aromatic ring is 1. The van der Waals surface area contributed by atoms with Crippen molar-refractivity contribution in [3.63, 3.8) is 0 Å². The van der Waals surface area contributed by atoms with E-state index in [2.05, 4.69) is 4.98 Å². The molecule has 0 unspecified atom stereocenters. The van der Waals surface area contributed by atoms with Gasteiger partial charge < -0.3 is 15.6 Å². The molecule has 3 heterocycles. The molecule has 2 amide bonds. The maximum absolute atomic E-state index is 12.3. The number of nitrogens with zero attached hydrogens (tertiary/aromatic N) is 3. The van der Waals surface area contributed by atoms with E-state index in [0.29, 0.717) is 5.06 Å². The van der Waals surface area contributed by atoms with E-state index in [4.69, 9.17) is 15.3 Å². The Kier molecular flexibility index (Phi) is 4.22. The predicted molar refractivity (Wildman–Crippen MR) is 90.3 cm³/mol. The van der Waals surface area contributed by atoms with Gasteiger partial charge in [-0.05, 0) is 18.2 Å². The maximum Gasteiger partial charge on any atom is 0.351 e. The third-order valence-electron chi connectivity index (χ3n) is 4.49. The number of carbonyl (C=O) groups is 2. The molecule has 2 aliphatic heterocycles. The van der Waals surface area contributed by atoms with E-state index < -0.39 is 35.9 Å². The summed E-state index contributed by atoms with van der Waals surface area (Å²) in [5.41, 5.74) is 5.37. The molecular formula is C17H16N4O6. The highest BCUT2D eigenvalue weighted by atomic mass is 16.7. The molecule has 3 N–H and O–H groups in total. The quantitative estimate of drug-likeness (QED) is 0.698. The number of carbonyl (C=O) groups excluding carboxylic acids is 2. The SMILES string of the molecule is Nc1ccn([C@H]2C[C@H](O)[C@@H](CON3C(=O)c4ccccc4C3=O)O2)c(=O)n1. The van der Waals surface area contributed by atoms with Crippen LogP contribution in [0.2, 0.25) is 0 Å². The van der Waals surface area contributed by atoms with Crippen LogP contribution >= 0.6 is 0 Å². The average Bonchev–Trinajstić information content (AvgIpc) is 3.12. The number of fused-ring (bicyclic) bond motifs is 1. The average molecular weight is 372 g/mol. The number of hydroxylamine groups is 2. The van der Waals surface area contributed by atoms with Gasteiger partial charge in [-0.2, -0.15) is 4.98 Å². The first-order valence-electron chi connectivity index (χ1n) is 8.24. The number of ether oxygens (including phenoxy) is 1. The van der Waals surface area contributed by atoms with Crippen molar-refractivity contribution in [2.75, 3.05) is 12.3 Å². The second-order valence-electron chi connectivity index (χ2n) is 6.22. The number of aliphatic hydroxyl groups is 1. The number of benzene rings is 1. The van der Waals surface area contributed by atoms with E-state index in [1.807, 2.05) is 0 Å². The van der Waals surface area contributed by atoms with Crippen LogP contribution in [0, 0.1) is 0 Å². The van der Waals surface area contributed by atoms with Gasteiger partial charge in [-0.25, -0.2) is 4.79 Å². The Hall–Kier alpha value is -3.08. The number of nitrogens with two attached hydrogens (primary N) is 1. The Morgan fingerprint density at radius 3 is 2.48 bits per heavy atom. The van der Waals surface area contributed by atoms with Gasteiger partial charge in [-0.1, -0.05) is 12.1 Å². The van der Waals surface area contributed by atoms with E-state index in [1.165, 1.54) is 29.0 Å². The lowest BCUT2D eigenvalue weighted by Crippen LogP contribution is -2.36. The minimum Gasteiger partial charge on any atom is -0.390 e. The summed E-state index contributed by atoms with van der Waals surface area (Å²) in [7, 11) is 0. The van der Waals surface area contributed by atoms with Crippen molar-refractivity contribution >= 4 is 17.6 Å². The number of amides is 2. The van der Waals surface area contributed by atoms with E-state index >= 15 is 0 Å². The van der Waals surface area contributed by atoms with Crippen molar-refractivity contribution in [2.45, 2.75) is 24.9 Å². The Morgan fingerprint density at radius 2 is 1.85 bits per heavy atom. The lowest BCUT2D eigenvalue weighted by atomic mass is 10.1. The van der Waals surface area contributed by atoms with E-state index in [1.54, 1.807) is 12.1 Å². The van der Waals surface area contributed by atoms with Crippen LogP contribution in [0.15, 0.2) is 41.3 Å². The number of anilines is 1. The summed E-state index contributed by atoms with van der Waals surface area (Å²) >= 11 is 0. The Morgan fingerprint density at radius 1 is 1.19 bits per heavy atom. The van der Waals surface area contributed by atoms with Gasteiger partial charge in [0.1, 0.15) is 24.8 Å². The maximum atomic E-state index is 12.3. The van der Waals surface area contributed by atoms with Gasteiger partial charge in [-0.3, -0.25) is 19.0 Å². The second kappa shape index (κ2) is 6.58. The highest BCUT2D eigenvalue weighted by molar-refractivity contribution is 6.20. The van der Waals surface area contributed by atoms with Crippen molar-refractivity contribution in [1.29, 1.82) is 0 Å². The van der Waals surface area contributed by atoms with Crippen molar-refractivity contribution in [3.05, 3.63) is 58.1 Å². The van der Waals surface area contributed by atoms with E-state index in [-0.39, 0.29) is 30.0 Å². The summed E-state index contributed by atoms with van der Waals surface area (Å²) in [6.45, 7) is -0.236. The first kappa shape index (κ1) is 17.3. The fourth-order valence-electron chi connectivity index (χ4n) is 3.11. The zero-order valence-corrected chi connectivity index (χ0v) is 14.0. The van der Waals surface area contributed by atoms with Crippen LogP contribution in [-0.2, 0) is 9.57 Å². The van der Waals surface area contributed by atoms with Gasteiger partial charge in [-0.15, -0.1) is 5.06 Å². The topological polar surface area (TPSA) is 137 Å². The number of hydrogen-bond donors (Lipinski definition) is 2. The number of rotatable bonds is 4. The fraction of sp³-hybridized carbons (Fsp3) is 0.294. The summed E-state index contributed by atoms with van der Waals surface area (Å²) in [5, 5.41) is 10.8. The Balaban J connectivity index is 1.43. The zero-order valence-electron chi connectivity index (χ0n) is 14.0. The van der Waals surface area contributed by atoms with Crippen LogP contribution in [0.4, 0.5) is 5.82 Å². The first-order valence-corrected chi connectivity index (χ1v) is 8.24. The molecule has 0 radical (unpaired) electrons. The Labute approximate surface area is 152 Å². The molecule has 0 saturated carbocycles. The molecule has 1 aromatic heterocycles. The largest absolute Gasteiger partial charge is 0.390 e. The van der Waals surface area contributed by atoms with E-state index in [9.17, 15) is 19.5 Å². The van der Waals surface area contributed by atoms with Crippen LogP contribution in [0.1, 0.15) is 33.4 Å². The van der Waals surface area contributed by atoms with Gasteiger partial charge >= 0.3 is 5.69 Å². The monoisotopic (exact) mass is 372 g/mol. The molecule has 10 nitrogen and oxygen atoms in total. The van der Waals surface area contributed by atoms with Crippen molar-refractivity contribution in [1.82, 2.24) is 14.6 Å². The number of imide groups is 1. The van der Waals surface area contributed by atoms with Crippen LogP contribution in [0.25, 0.3) is 0 Å². The van der Waals surface area contributed by atoms with Crippen LogP contribution in [0.3, 0.4) is 0 Å². The molecular weight excluding hydrogens is 356 g/mol. The van der Waals surface area contributed by atoms with Gasteiger partial charge in [0.15, 0.2) is 0 Å². The van der Waals surface area contributed by atoms with Crippen LogP contribution < -0.4 is 11.4 Å². The first-order chi connectivity index (χ1) is 13.0. The van der Waals surface area contributed by atoms with Crippen molar-refractivity contribution < 1.29 is 24.3 Å². The number of aliphatic hydroxyl groups excluding tert-OH is 1. The summed E-state index contributed by atoms with van der Waals surface area (Å²) in [6, 6.07) is 7.83. The summed E-state index contributed by atoms with van der Waals surface area (Å²) in [5.74, 6) is -1.06. The molecule has 2 aliphatic rings. The predicted octanol–water partition coefficient (Wildman–Crippen LogP) is -0.298. The number of aromatic nitrogens is 2. The molecule has 4 rings (SSSR count). The fourth-order valence-corrected chi connectivity index (χ4v) is 3.11. The third kappa shape index (κ3) is 2.99. The normalized spacial score (nSPS) is 24.5. The smallest absolute Gasteiger partial charge is 0.351 e. The minimum atomic E-state index is -0.949. The Bertz CT molecular complexity index is 939. The molecule has 27 heavy (non-hydrogen) atoms. The van der Waals surface area contributed by atoms with Crippen molar-refractivity contribution in [2.24, 2.45) is 0 Å². The van der Waals surface area contributed by atoms with E-state index in [0.717, 1.165) is 0 Å². The molecule has 0 aliphatic carbocycles. The number of hydrogen-bond acceptors (Lipinski definition) is 8. The van der Waals surface area contributed by atoms with Crippen molar-refractivity contribution in [3.8, 4) is 0 Å². The lowest BCUT2D eigenvalue weighted by molar-refractivity contribution is -0.141. The van der Waals surface area contributed by atoms with Gasteiger partial charge in [0.25, 0.3) is 11.8 Å². The van der Waals surface area contributed by atoms with Crippen LogP contribution in [-0.4, -0.2) is 50.3 Å². The standard InChI is InChI=1S/C17H16N4O6/c18-13-5-6-20(17(25)19-13)14-7-11(22)12(27-14)8-26-21-15(23)9-3-1-2-4-10(9)16(21)24/h1-6,11-12,14,22H,7-8H2,(H2,18,19,25)/t11-,12+,14+/m0/s1. The minimum absolute atomic E-state index is 0.0836. The zero-order chi connectivity index (χ0) is 19.1. The molecule has 1 saturated heterocycles. The highest BCUT2D eigenvalue weighted by Crippen LogP contribution is 2.29.